The molecule has 1 fully saturated rings. The van der Waals surface area contributed by atoms with Crippen molar-refractivity contribution in [2.75, 3.05) is 13.7 Å². The van der Waals surface area contributed by atoms with Crippen molar-refractivity contribution in [3.05, 3.63) is 64.7 Å². The zero-order chi connectivity index (χ0) is 24.3. The highest BCUT2D eigenvalue weighted by Crippen LogP contribution is 2.41. The van der Waals surface area contributed by atoms with Crippen LogP contribution in [0.15, 0.2) is 48.0 Å². The maximum Gasteiger partial charge on any atom is 0.308 e. The van der Waals surface area contributed by atoms with E-state index in [2.05, 4.69) is 0 Å². The molecule has 174 valence electrons. The number of nitrogens with zero attached hydrogens (tertiary/aromatic N) is 1. The lowest BCUT2D eigenvalue weighted by Crippen LogP contribution is -2.30. The zero-order valence-corrected chi connectivity index (χ0v) is 19.5. The molecule has 7 nitrogen and oxygen atoms in total. The Morgan fingerprint density at radius 3 is 2.48 bits per heavy atom. The van der Waals surface area contributed by atoms with E-state index in [1.165, 1.54) is 11.8 Å². The predicted molar refractivity (Wildman–Crippen MR) is 124 cm³/mol. The molecule has 1 N–H and O–H groups in total. The Hall–Kier alpha value is -3.61. The van der Waals surface area contributed by atoms with Gasteiger partial charge in [0.05, 0.1) is 18.7 Å². The summed E-state index contributed by atoms with van der Waals surface area (Å²) < 4.78 is 10.6. The van der Waals surface area contributed by atoms with Crippen molar-refractivity contribution in [3.8, 4) is 11.5 Å². The first-order valence-electron chi connectivity index (χ1n) is 10.9. The molecular formula is C26H29NO6. The van der Waals surface area contributed by atoms with Crippen LogP contribution in [0.2, 0.25) is 0 Å². The highest BCUT2D eigenvalue weighted by atomic mass is 16.5. The molecule has 0 bridgehead atoms. The average Bonchev–Trinajstić information content (AvgIpc) is 3.03. The van der Waals surface area contributed by atoms with Crippen molar-refractivity contribution in [2.24, 2.45) is 0 Å². The Bertz CT molecular complexity index is 1120. The van der Waals surface area contributed by atoms with Crippen molar-refractivity contribution in [3.63, 3.8) is 0 Å². The van der Waals surface area contributed by atoms with Gasteiger partial charge in [0, 0.05) is 19.0 Å². The van der Waals surface area contributed by atoms with Crippen molar-refractivity contribution in [1.82, 2.24) is 4.90 Å². The fraction of sp³-hybridized carbons (Fsp3) is 0.346. The number of likely N-dealkylation sites (tertiary alicyclic amines) is 1. The number of ketones is 1. The van der Waals surface area contributed by atoms with Crippen molar-refractivity contribution in [1.29, 1.82) is 0 Å². The number of carbonyl (C=O) groups excluding carboxylic acids is 3. The van der Waals surface area contributed by atoms with Gasteiger partial charge >= 0.3 is 5.97 Å². The van der Waals surface area contributed by atoms with Crippen LogP contribution < -0.4 is 9.47 Å². The third-order valence-corrected chi connectivity index (χ3v) is 5.57. The molecule has 0 aromatic heterocycles. The number of rotatable bonds is 7. The third-order valence-electron chi connectivity index (χ3n) is 5.57. The Labute approximate surface area is 193 Å². The van der Waals surface area contributed by atoms with Crippen LogP contribution in [0.1, 0.15) is 62.8 Å². The largest absolute Gasteiger partial charge is 0.507 e. The van der Waals surface area contributed by atoms with Gasteiger partial charge in [0.2, 0.25) is 0 Å². The fourth-order valence-corrected chi connectivity index (χ4v) is 4.10. The summed E-state index contributed by atoms with van der Waals surface area (Å²) in [5.74, 6) is -1.04. The number of Topliss-reactive ketones (excluding diaryl/α,β-unsaturated/α-hetero) is 1. The van der Waals surface area contributed by atoms with E-state index in [1.807, 2.05) is 20.8 Å². The topological polar surface area (TPSA) is 93.1 Å². The molecule has 0 spiro atoms. The molecule has 1 saturated heterocycles. The number of aliphatic hydroxyl groups is 1. The molecule has 2 aromatic carbocycles. The number of aliphatic hydroxyl groups excluding tert-OH is 1. The maximum absolute atomic E-state index is 13.1. The van der Waals surface area contributed by atoms with Crippen LogP contribution in [0.25, 0.3) is 5.76 Å². The molecule has 0 aliphatic carbocycles. The molecule has 1 atom stereocenters. The van der Waals surface area contributed by atoms with Crippen LogP contribution in [0.3, 0.4) is 0 Å². The lowest BCUT2D eigenvalue weighted by atomic mass is 9.93. The first-order valence-corrected chi connectivity index (χ1v) is 10.9. The number of ether oxygens (including phenoxy) is 2. The van der Waals surface area contributed by atoms with Gasteiger partial charge in [-0.3, -0.25) is 14.4 Å². The van der Waals surface area contributed by atoms with Gasteiger partial charge in [-0.25, -0.2) is 0 Å². The molecule has 1 heterocycles. The smallest absolute Gasteiger partial charge is 0.308 e. The van der Waals surface area contributed by atoms with E-state index in [-0.39, 0.29) is 17.3 Å². The van der Waals surface area contributed by atoms with Gasteiger partial charge < -0.3 is 19.5 Å². The monoisotopic (exact) mass is 451 g/mol. The number of methoxy groups -OCH3 is 1. The van der Waals surface area contributed by atoms with Gasteiger partial charge in [-0.2, -0.15) is 0 Å². The summed E-state index contributed by atoms with van der Waals surface area (Å²) in [7, 11) is 1.58. The van der Waals surface area contributed by atoms with Gasteiger partial charge in [-0.05, 0) is 53.8 Å². The number of amides is 1. The average molecular weight is 452 g/mol. The Morgan fingerprint density at radius 1 is 1.15 bits per heavy atom. The normalized spacial score (nSPS) is 17.5. The molecule has 0 radical (unpaired) electrons. The highest BCUT2D eigenvalue weighted by Gasteiger charge is 2.45. The van der Waals surface area contributed by atoms with Crippen molar-refractivity contribution >= 4 is 23.4 Å². The predicted octanol–water partition coefficient (Wildman–Crippen LogP) is 4.58. The van der Waals surface area contributed by atoms with E-state index in [0.29, 0.717) is 35.6 Å². The molecular weight excluding hydrogens is 422 g/mol. The molecule has 2 aromatic rings. The van der Waals surface area contributed by atoms with Gasteiger partial charge in [0.15, 0.2) is 0 Å². The SMILES string of the molecule is CCCN1C(=O)C(=O)/C(=C(/O)c2ccc(OC)c(C(C)C)c2)C1c1cccc(OC(C)=O)c1. The first-order chi connectivity index (χ1) is 15.7. The Morgan fingerprint density at radius 2 is 1.88 bits per heavy atom. The fourth-order valence-electron chi connectivity index (χ4n) is 4.10. The molecule has 1 aliphatic rings. The molecule has 3 rings (SSSR count). The molecule has 7 heteroatoms. The lowest BCUT2D eigenvalue weighted by molar-refractivity contribution is -0.139. The number of hydrogen-bond donors (Lipinski definition) is 1. The summed E-state index contributed by atoms with van der Waals surface area (Å²) >= 11 is 0. The summed E-state index contributed by atoms with van der Waals surface area (Å²) in [5, 5.41) is 11.3. The van der Waals surface area contributed by atoms with Crippen molar-refractivity contribution < 1.29 is 29.0 Å². The standard InChI is InChI=1S/C26H29NO6/c1-6-12-27-23(17-8-7-9-19(13-17)33-16(4)28)22(25(30)26(27)31)24(29)18-10-11-21(32-5)20(14-18)15(2)3/h7-11,13-15,23,29H,6,12H2,1-5H3/b24-22+. The highest BCUT2D eigenvalue weighted by molar-refractivity contribution is 6.46. The molecule has 1 unspecified atom stereocenters. The Kier molecular flexibility index (Phi) is 7.21. The zero-order valence-electron chi connectivity index (χ0n) is 19.5. The van der Waals surface area contributed by atoms with Crippen LogP contribution in [0.4, 0.5) is 0 Å². The summed E-state index contributed by atoms with van der Waals surface area (Å²) in [6, 6.07) is 11.0. The number of esters is 1. The molecule has 33 heavy (non-hydrogen) atoms. The van der Waals surface area contributed by atoms with Gasteiger partial charge in [0.25, 0.3) is 11.7 Å². The van der Waals surface area contributed by atoms with E-state index in [9.17, 15) is 19.5 Å². The third kappa shape index (κ3) is 4.77. The number of carbonyl (C=O) groups is 3. The minimum Gasteiger partial charge on any atom is -0.507 e. The van der Waals surface area contributed by atoms with Crippen LogP contribution in [-0.2, 0) is 14.4 Å². The van der Waals surface area contributed by atoms with E-state index in [0.717, 1.165) is 5.56 Å². The number of hydrogen-bond acceptors (Lipinski definition) is 6. The van der Waals surface area contributed by atoms with Gasteiger partial charge in [-0.1, -0.05) is 32.9 Å². The second-order valence-electron chi connectivity index (χ2n) is 8.27. The maximum atomic E-state index is 13.1. The molecule has 0 saturated carbocycles. The first kappa shape index (κ1) is 24.0. The van der Waals surface area contributed by atoms with Crippen LogP contribution in [0.5, 0.6) is 11.5 Å². The molecule has 1 amide bonds. The minimum absolute atomic E-state index is 0.00768. The van der Waals surface area contributed by atoms with Crippen molar-refractivity contribution in [2.45, 2.75) is 46.1 Å². The quantitative estimate of drug-likeness (QED) is 0.218. The second kappa shape index (κ2) is 9.90. The summed E-state index contributed by atoms with van der Waals surface area (Å²) in [6.45, 7) is 7.55. The minimum atomic E-state index is -0.801. The lowest BCUT2D eigenvalue weighted by Gasteiger charge is -2.25. The van der Waals surface area contributed by atoms with Gasteiger partial charge in [-0.15, -0.1) is 0 Å². The van der Waals surface area contributed by atoms with E-state index >= 15 is 0 Å². The Balaban J connectivity index is 2.20. The van der Waals surface area contributed by atoms with Crippen LogP contribution >= 0.6 is 0 Å². The van der Waals surface area contributed by atoms with Crippen LogP contribution in [0, 0.1) is 0 Å². The van der Waals surface area contributed by atoms with E-state index in [1.54, 1.807) is 49.6 Å². The number of benzene rings is 2. The summed E-state index contributed by atoms with van der Waals surface area (Å²) in [6.07, 6.45) is 0.632. The van der Waals surface area contributed by atoms with Gasteiger partial charge in [0.1, 0.15) is 17.3 Å². The molecule has 1 aliphatic heterocycles. The summed E-state index contributed by atoms with van der Waals surface area (Å²) in [4.78, 5) is 38.8. The summed E-state index contributed by atoms with van der Waals surface area (Å²) in [5.41, 5.74) is 1.88. The van der Waals surface area contributed by atoms with E-state index < -0.39 is 23.7 Å². The van der Waals surface area contributed by atoms with E-state index in [4.69, 9.17) is 9.47 Å². The second-order valence-corrected chi connectivity index (χ2v) is 8.27. The van der Waals surface area contributed by atoms with Crippen LogP contribution in [-0.4, -0.2) is 41.3 Å².